The Hall–Kier alpha value is -2.06. The molecule has 0 unspecified atom stereocenters. The normalized spacial score (nSPS) is 16.7. The smallest absolute Gasteiger partial charge is 0.286 e. The van der Waals surface area contributed by atoms with Gasteiger partial charge in [-0.05, 0) is 13.3 Å². The van der Waals surface area contributed by atoms with E-state index in [2.05, 4.69) is 0 Å². The number of nitro benzene ring substituents is 1. The van der Waals surface area contributed by atoms with Crippen LogP contribution in [0.25, 0.3) is 0 Å². The largest absolute Gasteiger partial charge is 0.493 e. The van der Waals surface area contributed by atoms with Crippen molar-refractivity contribution in [1.82, 2.24) is 4.90 Å². The minimum absolute atomic E-state index is 0. The molecule has 1 amide bonds. The third-order valence-corrected chi connectivity index (χ3v) is 3.52. The molecule has 2 rings (SSSR count). The van der Waals surface area contributed by atoms with Crippen molar-refractivity contribution in [2.75, 3.05) is 26.8 Å². The predicted octanol–water partition coefficient (Wildman–Crippen LogP) is 1.60. The highest BCUT2D eigenvalue weighted by molar-refractivity contribution is 5.99. The number of likely N-dealkylation sites (tertiary alicyclic amines) is 1. The van der Waals surface area contributed by atoms with E-state index in [9.17, 15) is 14.9 Å². The lowest BCUT2D eigenvalue weighted by atomic mass is 10.1. The van der Waals surface area contributed by atoms with E-state index in [4.69, 9.17) is 15.2 Å². The zero-order valence-electron chi connectivity index (χ0n) is 13.0. The number of carbonyl (C=O) groups is 1. The fourth-order valence-corrected chi connectivity index (χ4v) is 2.44. The molecule has 23 heavy (non-hydrogen) atoms. The highest BCUT2D eigenvalue weighted by Crippen LogP contribution is 2.35. The number of nitro groups is 1. The second-order valence-corrected chi connectivity index (χ2v) is 5.01. The molecular formula is C14H20ClN3O5. The fourth-order valence-electron chi connectivity index (χ4n) is 2.44. The van der Waals surface area contributed by atoms with Gasteiger partial charge in [-0.15, -0.1) is 12.4 Å². The van der Waals surface area contributed by atoms with E-state index < -0.39 is 10.8 Å². The van der Waals surface area contributed by atoms with Crippen LogP contribution in [-0.2, 0) is 0 Å². The number of hydrogen-bond donors (Lipinski definition) is 1. The lowest BCUT2D eigenvalue weighted by Crippen LogP contribution is -2.32. The summed E-state index contributed by atoms with van der Waals surface area (Å²) < 4.78 is 10.5. The number of halogens is 1. The van der Waals surface area contributed by atoms with Gasteiger partial charge in [0.2, 0.25) is 0 Å². The summed E-state index contributed by atoms with van der Waals surface area (Å²) >= 11 is 0. The van der Waals surface area contributed by atoms with Gasteiger partial charge in [0.15, 0.2) is 11.5 Å². The summed E-state index contributed by atoms with van der Waals surface area (Å²) in [5.74, 6) is 0.119. The number of benzene rings is 1. The first-order valence-corrected chi connectivity index (χ1v) is 7.02. The number of amides is 1. The van der Waals surface area contributed by atoms with Gasteiger partial charge < -0.3 is 20.1 Å². The molecule has 0 aromatic heterocycles. The van der Waals surface area contributed by atoms with Crippen LogP contribution in [0.4, 0.5) is 5.69 Å². The van der Waals surface area contributed by atoms with Crippen LogP contribution in [-0.4, -0.2) is 48.6 Å². The average Bonchev–Trinajstić information content (AvgIpc) is 2.92. The van der Waals surface area contributed by atoms with Crippen LogP contribution in [0.15, 0.2) is 12.1 Å². The average molecular weight is 346 g/mol. The maximum absolute atomic E-state index is 12.5. The molecule has 2 N–H and O–H groups in total. The molecule has 1 aromatic rings. The second kappa shape index (κ2) is 7.98. The molecule has 128 valence electrons. The summed E-state index contributed by atoms with van der Waals surface area (Å²) in [7, 11) is 1.39. The third-order valence-electron chi connectivity index (χ3n) is 3.52. The standard InChI is InChI=1S/C14H19N3O5.ClH/c1-3-22-13-6-10(11(17(19)20)7-12(13)21-2)14(18)16-5-4-9(15)8-16;/h6-7,9H,3-5,8,15H2,1-2H3;1H/t9-;/m1./s1. The Kier molecular flexibility index (Phi) is 6.59. The van der Waals surface area contributed by atoms with Crippen molar-refractivity contribution in [3.63, 3.8) is 0 Å². The quantitative estimate of drug-likeness (QED) is 0.641. The molecule has 8 nitrogen and oxygen atoms in total. The van der Waals surface area contributed by atoms with Crippen LogP contribution in [0.2, 0.25) is 0 Å². The number of carbonyl (C=O) groups excluding carboxylic acids is 1. The molecule has 0 bridgehead atoms. The van der Waals surface area contributed by atoms with Crippen LogP contribution in [0, 0.1) is 10.1 Å². The van der Waals surface area contributed by atoms with Crippen molar-refractivity contribution >= 4 is 24.0 Å². The Morgan fingerprint density at radius 1 is 1.48 bits per heavy atom. The zero-order chi connectivity index (χ0) is 16.3. The van der Waals surface area contributed by atoms with Gasteiger partial charge in [0.05, 0.1) is 24.7 Å². The minimum atomic E-state index is -0.596. The molecule has 1 aliphatic heterocycles. The van der Waals surface area contributed by atoms with Crippen LogP contribution in [0.3, 0.4) is 0 Å². The van der Waals surface area contributed by atoms with E-state index >= 15 is 0 Å². The molecule has 0 spiro atoms. The van der Waals surface area contributed by atoms with Crippen molar-refractivity contribution in [2.24, 2.45) is 5.73 Å². The van der Waals surface area contributed by atoms with E-state index in [1.54, 1.807) is 6.92 Å². The minimum Gasteiger partial charge on any atom is -0.493 e. The molecule has 1 fully saturated rings. The molecule has 1 atom stereocenters. The molecule has 0 aliphatic carbocycles. The Bertz CT molecular complexity index is 596. The zero-order valence-corrected chi connectivity index (χ0v) is 13.8. The number of hydrogen-bond acceptors (Lipinski definition) is 6. The number of nitrogens with two attached hydrogens (primary N) is 1. The highest BCUT2D eigenvalue weighted by Gasteiger charge is 2.31. The van der Waals surface area contributed by atoms with E-state index in [1.165, 1.54) is 24.1 Å². The topological polar surface area (TPSA) is 108 Å². The fraction of sp³-hybridized carbons (Fsp3) is 0.500. The Labute approximate surface area is 140 Å². The predicted molar refractivity (Wildman–Crippen MR) is 86.6 cm³/mol. The van der Waals surface area contributed by atoms with Crippen LogP contribution in [0.5, 0.6) is 11.5 Å². The summed E-state index contributed by atoms with van der Waals surface area (Å²) in [4.78, 5) is 24.7. The summed E-state index contributed by atoms with van der Waals surface area (Å²) in [6.07, 6.45) is 0.689. The van der Waals surface area contributed by atoms with Gasteiger partial charge in [-0.3, -0.25) is 14.9 Å². The number of methoxy groups -OCH3 is 1. The first kappa shape index (κ1) is 19.0. The van der Waals surface area contributed by atoms with Crippen LogP contribution >= 0.6 is 12.4 Å². The van der Waals surface area contributed by atoms with Crippen molar-refractivity contribution in [3.8, 4) is 11.5 Å². The van der Waals surface area contributed by atoms with E-state index in [-0.39, 0.29) is 35.4 Å². The van der Waals surface area contributed by atoms with Crippen molar-refractivity contribution in [1.29, 1.82) is 0 Å². The van der Waals surface area contributed by atoms with Crippen LogP contribution in [0.1, 0.15) is 23.7 Å². The first-order valence-electron chi connectivity index (χ1n) is 7.02. The summed E-state index contributed by atoms with van der Waals surface area (Å²) in [5.41, 5.74) is 5.48. The Balaban J connectivity index is 0.00000264. The summed E-state index contributed by atoms with van der Waals surface area (Å²) in [5, 5.41) is 11.3. The molecule has 1 heterocycles. The van der Waals surface area contributed by atoms with Crippen molar-refractivity contribution in [3.05, 3.63) is 27.8 Å². The summed E-state index contributed by atoms with van der Waals surface area (Å²) in [6, 6.07) is 2.49. The van der Waals surface area contributed by atoms with Gasteiger partial charge in [-0.2, -0.15) is 0 Å². The van der Waals surface area contributed by atoms with E-state index in [1.807, 2.05) is 0 Å². The molecule has 1 aliphatic rings. The number of nitrogens with zero attached hydrogens (tertiary/aromatic N) is 2. The SMILES string of the molecule is CCOc1cc(C(=O)N2CC[C@@H](N)C2)c([N+](=O)[O-])cc1OC.Cl. The van der Waals surface area contributed by atoms with Gasteiger partial charge in [0.1, 0.15) is 5.56 Å². The van der Waals surface area contributed by atoms with Gasteiger partial charge in [0, 0.05) is 25.2 Å². The maximum atomic E-state index is 12.5. The van der Waals surface area contributed by atoms with E-state index in [0.717, 1.165) is 0 Å². The monoisotopic (exact) mass is 345 g/mol. The molecule has 9 heteroatoms. The van der Waals surface area contributed by atoms with Gasteiger partial charge >= 0.3 is 0 Å². The Morgan fingerprint density at radius 3 is 2.65 bits per heavy atom. The molecular weight excluding hydrogens is 326 g/mol. The molecule has 1 saturated heterocycles. The molecule has 0 saturated carbocycles. The van der Waals surface area contributed by atoms with Crippen molar-refractivity contribution < 1.29 is 19.2 Å². The lowest BCUT2D eigenvalue weighted by molar-refractivity contribution is -0.385. The Morgan fingerprint density at radius 2 is 2.17 bits per heavy atom. The first-order chi connectivity index (χ1) is 10.5. The van der Waals surface area contributed by atoms with Crippen molar-refractivity contribution in [2.45, 2.75) is 19.4 Å². The number of ether oxygens (including phenoxy) is 2. The van der Waals surface area contributed by atoms with Gasteiger partial charge in [-0.25, -0.2) is 0 Å². The molecule has 1 aromatic carbocycles. The van der Waals surface area contributed by atoms with Gasteiger partial charge in [-0.1, -0.05) is 0 Å². The van der Waals surface area contributed by atoms with Crippen LogP contribution < -0.4 is 15.2 Å². The maximum Gasteiger partial charge on any atom is 0.286 e. The molecule has 0 radical (unpaired) electrons. The van der Waals surface area contributed by atoms with Gasteiger partial charge in [0.25, 0.3) is 11.6 Å². The number of rotatable bonds is 5. The summed E-state index contributed by atoms with van der Waals surface area (Å²) in [6.45, 7) is 3.03. The van der Waals surface area contributed by atoms with E-state index in [0.29, 0.717) is 31.9 Å². The lowest BCUT2D eigenvalue weighted by Gasteiger charge is -2.17. The highest BCUT2D eigenvalue weighted by atomic mass is 35.5. The third kappa shape index (κ3) is 4.02. The second-order valence-electron chi connectivity index (χ2n) is 5.01.